The van der Waals surface area contributed by atoms with Crippen molar-refractivity contribution < 1.29 is 4.79 Å². The predicted octanol–water partition coefficient (Wildman–Crippen LogP) is 5.35. The summed E-state index contributed by atoms with van der Waals surface area (Å²) >= 11 is 3.18. The Kier molecular flexibility index (Phi) is 5.34. The van der Waals surface area contributed by atoms with Crippen LogP contribution in [0.1, 0.15) is 34.3 Å². The molecule has 136 valence electrons. The first-order chi connectivity index (χ1) is 12.3. The van der Waals surface area contributed by atoms with E-state index in [2.05, 4.69) is 35.2 Å². The van der Waals surface area contributed by atoms with Gasteiger partial charge >= 0.3 is 0 Å². The minimum Gasteiger partial charge on any atom is -0.325 e. The van der Waals surface area contributed by atoms with Crippen LogP contribution in [0, 0.1) is 34.6 Å². The van der Waals surface area contributed by atoms with E-state index in [9.17, 15) is 4.79 Å². The van der Waals surface area contributed by atoms with E-state index in [0.29, 0.717) is 0 Å². The molecule has 0 aliphatic rings. The smallest absolute Gasteiger partial charge is 0.237 e. The average molecular weight is 386 g/mol. The van der Waals surface area contributed by atoms with E-state index in [1.165, 1.54) is 27.8 Å². The molecule has 0 radical (unpaired) electrons. The molecular formula is C20H23N3OS2. The third-order valence-corrected chi connectivity index (χ3v) is 6.59. The molecule has 1 amide bonds. The van der Waals surface area contributed by atoms with E-state index < -0.39 is 0 Å². The Morgan fingerprint density at radius 1 is 1.15 bits per heavy atom. The SMILES string of the molecule is Cc1ccc(NC(=O)[C@H](C)Sc2nc(C)nc3sc(C)c(C)c23)c(C)c1. The van der Waals surface area contributed by atoms with Crippen molar-refractivity contribution in [2.75, 3.05) is 5.32 Å². The Balaban J connectivity index is 1.84. The molecule has 0 bridgehead atoms. The summed E-state index contributed by atoms with van der Waals surface area (Å²) in [6.45, 7) is 12.1. The summed E-state index contributed by atoms with van der Waals surface area (Å²) in [7, 11) is 0. The standard InChI is InChI=1S/C20H23N3OS2/c1-10-7-8-16(11(2)9-10)23-18(24)14(5)26-20-17-12(3)13(4)25-19(17)21-15(6)22-20/h7-9,14H,1-6H3,(H,23,24)/t14-/m0/s1. The van der Waals surface area contributed by atoms with E-state index in [-0.39, 0.29) is 11.2 Å². The van der Waals surface area contributed by atoms with Gasteiger partial charge in [-0.25, -0.2) is 9.97 Å². The van der Waals surface area contributed by atoms with Crippen LogP contribution in [0.2, 0.25) is 0 Å². The number of hydrogen-bond donors (Lipinski definition) is 1. The molecule has 4 nitrogen and oxygen atoms in total. The highest BCUT2D eigenvalue weighted by atomic mass is 32.2. The minimum absolute atomic E-state index is 0.0176. The molecule has 0 fully saturated rings. The predicted molar refractivity (Wildman–Crippen MR) is 111 cm³/mol. The van der Waals surface area contributed by atoms with Crippen LogP contribution >= 0.6 is 23.1 Å². The Labute approximate surface area is 162 Å². The number of aryl methyl sites for hydroxylation is 5. The number of aromatic nitrogens is 2. The Bertz CT molecular complexity index is 994. The van der Waals surface area contributed by atoms with Crippen LogP contribution < -0.4 is 5.32 Å². The number of thioether (sulfide) groups is 1. The van der Waals surface area contributed by atoms with Gasteiger partial charge in [0.2, 0.25) is 5.91 Å². The number of thiophene rings is 1. The summed E-state index contributed by atoms with van der Waals surface area (Å²) in [4.78, 5) is 24.1. The van der Waals surface area contributed by atoms with Crippen molar-refractivity contribution in [1.82, 2.24) is 9.97 Å². The number of fused-ring (bicyclic) bond motifs is 1. The fraction of sp³-hybridized carbons (Fsp3) is 0.350. The lowest BCUT2D eigenvalue weighted by molar-refractivity contribution is -0.115. The molecule has 1 aromatic carbocycles. The van der Waals surface area contributed by atoms with Crippen LogP contribution in [0.4, 0.5) is 5.69 Å². The summed E-state index contributed by atoms with van der Waals surface area (Å²) in [6, 6.07) is 6.04. The zero-order valence-electron chi connectivity index (χ0n) is 15.9. The Hall–Kier alpha value is -1.92. The second kappa shape index (κ2) is 7.37. The molecule has 1 N–H and O–H groups in total. The summed E-state index contributed by atoms with van der Waals surface area (Å²) in [5.74, 6) is 0.721. The lowest BCUT2D eigenvalue weighted by atomic mass is 10.1. The lowest BCUT2D eigenvalue weighted by Gasteiger charge is -2.14. The molecule has 6 heteroatoms. The maximum atomic E-state index is 12.7. The first kappa shape index (κ1) is 18.9. The van der Waals surface area contributed by atoms with Gasteiger partial charge in [-0.3, -0.25) is 4.79 Å². The molecular weight excluding hydrogens is 362 g/mol. The molecule has 0 saturated carbocycles. The maximum absolute atomic E-state index is 12.7. The largest absolute Gasteiger partial charge is 0.325 e. The summed E-state index contributed by atoms with van der Waals surface area (Å²) in [5, 5.41) is 4.75. The fourth-order valence-corrected chi connectivity index (χ4v) is 5.00. The van der Waals surface area contributed by atoms with Crippen molar-refractivity contribution in [3.63, 3.8) is 0 Å². The van der Waals surface area contributed by atoms with Gasteiger partial charge in [0.15, 0.2) is 0 Å². The van der Waals surface area contributed by atoms with Gasteiger partial charge < -0.3 is 5.32 Å². The lowest BCUT2D eigenvalue weighted by Crippen LogP contribution is -2.23. The van der Waals surface area contributed by atoms with Gasteiger partial charge in [0, 0.05) is 16.0 Å². The van der Waals surface area contributed by atoms with Crippen molar-refractivity contribution in [3.05, 3.63) is 45.6 Å². The summed E-state index contributed by atoms with van der Waals surface area (Å²) in [6.07, 6.45) is 0. The van der Waals surface area contributed by atoms with Crippen molar-refractivity contribution in [3.8, 4) is 0 Å². The third-order valence-electron chi connectivity index (χ3n) is 4.40. The van der Waals surface area contributed by atoms with E-state index in [4.69, 9.17) is 0 Å². The van der Waals surface area contributed by atoms with Gasteiger partial charge in [-0.1, -0.05) is 29.5 Å². The summed E-state index contributed by atoms with van der Waals surface area (Å²) in [5.41, 5.74) is 4.32. The minimum atomic E-state index is -0.257. The van der Waals surface area contributed by atoms with Gasteiger partial charge in [0.1, 0.15) is 15.7 Å². The first-order valence-corrected chi connectivity index (χ1v) is 10.2. The highest BCUT2D eigenvalue weighted by Gasteiger charge is 2.20. The van der Waals surface area contributed by atoms with Crippen molar-refractivity contribution >= 4 is 44.9 Å². The van der Waals surface area contributed by atoms with Crippen LogP contribution in [0.25, 0.3) is 10.2 Å². The number of nitrogens with zero attached hydrogens (tertiary/aromatic N) is 2. The molecule has 2 aromatic heterocycles. The Morgan fingerprint density at radius 2 is 1.88 bits per heavy atom. The molecule has 3 aromatic rings. The zero-order chi connectivity index (χ0) is 19.0. The number of benzene rings is 1. The molecule has 3 rings (SSSR count). The molecule has 26 heavy (non-hydrogen) atoms. The molecule has 0 saturated heterocycles. The highest BCUT2D eigenvalue weighted by molar-refractivity contribution is 8.00. The highest BCUT2D eigenvalue weighted by Crippen LogP contribution is 2.36. The first-order valence-electron chi connectivity index (χ1n) is 8.55. The van der Waals surface area contributed by atoms with E-state index in [1.54, 1.807) is 11.3 Å². The molecule has 0 spiro atoms. The molecule has 0 aliphatic carbocycles. The van der Waals surface area contributed by atoms with Crippen LogP contribution in [-0.2, 0) is 4.79 Å². The van der Waals surface area contributed by atoms with Crippen LogP contribution in [-0.4, -0.2) is 21.1 Å². The fourth-order valence-electron chi connectivity index (χ4n) is 2.81. The number of hydrogen-bond acceptors (Lipinski definition) is 5. The number of rotatable bonds is 4. The summed E-state index contributed by atoms with van der Waals surface area (Å²) < 4.78 is 0. The van der Waals surface area contributed by atoms with Gasteiger partial charge in [-0.15, -0.1) is 11.3 Å². The second-order valence-electron chi connectivity index (χ2n) is 6.61. The van der Waals surface area contributed by atoms with Crippen LogP contribution in [0.5, 0.6) is 0 Å². The van der Waals surface area contributed by atoms with E-state index in [1.807, 2.05) is 39.8 Å². The van der Waals surface area contributed by atoms with Crippen molar-refractivity contribution in [2.24, 2.45) is 0 Å². The van der Waals surface area contributed by atoms with Crippen LogP contribution in [0.15, 0.2) is 23.2 Å². The van der Waals surface area contributed by atoms with Gasteiger partial charge in [0.25, 0.3) is 0 Å². The maximum Gasteiger partial charge on any atom is 0.237 e. The monoisotopic (exact) mass is 385 g/mol. The molecule has 0 unspecified atom stereocenters. The molecule has 2 heterocycles. The van der Waals surface area contributed by atoms with Gasteiger partial charge in [-0.05, 0) is 58.7 Å². The molecule has 1 atom stereocenters. The van der Waals surface area contributed by atoms with Gasteiger partial charge in [0.05, 0.1) is 5.25 Å². The third kappa shape index (κ3) is 3.76. The number of amides is 1. The molecule has 0 aliphatic heterocycles. The topological polar surface area (TPSA) is 54.9 Å². The van der Waals surface area contributed by atoms with Gasteiger partial charge in [-0.2, -0.15) is 0 Å². The zero-order valence-corrected chi connectivity index (χ0v) is 17.6. The quantitative estimate of drug-likeness (QED) is 0.486. The number of carbonyl (C=O) groups excluding carboxylic acids is 1. The van der Waals surface area contributed by atoms with E-state index in [0.717, 1.165) is 32.3 Å². The average Bonchev–Trinajstić information content (AvgIpc) is 2.84. The normalized spacial score (nSPS) is 12.4. The van der Waals surface area contributed by atoms with E-state index >= 15 is 0 Å². The number of nitrogens with one attached hydrogen (secondary N) is 1. The van der Waals surface area contributed by atoms with Crippen molar-refractivity contribution in [1.29, 1.82) is 0 Å². The Morgan fingerprint density at radius 3 is 2.58 bits per heavy atom. The number of anilines is 1. The van der Waals surface area contributed by atoms with Crippen LogP contribution in [0.3, 0.4) is 0 Å². The number of carbonyl (C=O) groups is 1. The van der Waals surface area contributed by atoms with Crippen molar-refractivity contribution in [2.45, 2.75) is 51.8 Å². The second-order valence-corrected chi connectivity index (χ2v) is 9.14.